The Kier molecular flexibility index (Phi) is 10.5. The summed E-state index contributed by atoms with van der Waals surface area (Å²) in [6.45, 7) is 2.75. The molecule has 4 aromatic rings. The zero-order valence-corrected chi connectivity index (χ0v) is 26.9. The number of hydrogen-bond acceptors (Lipinski definition) is 8. The van der Waals surface area contributed by atoms with Crippen molar-refractivity contribution in [3.63, 3.8) is 0 Å². The minimum absolute atomic E-state index is 0.0473. The number of anilines is 2. The van der Waals surface area contributed by atoms with Crippen molar-refractivity contribution >= 4 is 48.2 Å². The second-order valence-corrected chi connectivity index (χ2v) is 13.9. The van der Waals surface area contributed by atoms with Gasteiger partial charge in [0.05, 0.1) is 28.6 Å². The molecule has 2 heterocycles. The molecule has 3 aromatic carbocycles. The Morgan fingerprint density at radius 3 is 2.73 bits per heavy atom. The van der Waals surface area contributed by atoms with Gasteiger partial charge < -0.3 is 19.5 Å². The van der Waals surface area contributed by atoms with E-state index in [2.05, 4.69) is 37.3 Å². The zero-order valence-electron chi connectivity index (χ0n) is 24.5. The number of aromatic nitrogens is 2. The molecule has 11 heteroatoms. The van der Waals surface area contributed by atoms with Crippen LogP contribution in [0.4, 0.5) is 15.9 Å². The second kappa shape index (κ2) is 14.5. The van der Waals surface area contributed by atoms with E-state index in [1.54, 1.807) is 12.3 Å². The highest BCUT2D eigenvalue weighted by Gasteiger charge is 2.35. The van der Waals surface area contributed by atoms with E-state index in [0.717, 1.165) is 32.2 Å². The van der Waals surface area contributed by atoms with Crippen molar-refractivity contribution in [1.82, 2.24) is 9.97 Å². The van der Waals surface area contributed by atoms with Gasteiger partial charge in [-0.3, -0.25) is 0 Å². The van der Waals surface area contributed by atoms with Gasteiger partial charge >= 0.3 is 0 Å². The normalized spacial score (nSPS) is 16.2. The fourth-order valence-corrected chi connectivity index (χ4v) is 6.87. The average Bonchev–Trinajstić information content (AvgIpc) is 3.48. The van der Waals surface area contributed by atoms with Crippen molar-refractivity contribution in [3.8, 4) is 5.75 Å². The fourth-order valence-electron chi connectivity index (χ4n) is 5.18. The van der Waals surface area contributed by atoms with Crippen molar-refractivity contribution < 1.29 is 27.0 Å². The molecule has 1 N–H and O–H groups in total. The summed E-state index contributed by atoms with van der Waals surface area (Å²) in [6, 6.07) is 18.0. The SMILES string of the molecule is CCCS(=O)(=O)CCOCCCC1(c2ccc3ncnc(Nc4ccc(OCc5cccc(F)c5)c(Br)c4)c3c2)CC=CO1. The maximum Gasteiger partial charge on any atom is 0.152 e. The Labute approximate surface area is 265 Å². The van der Waals surface area contributed by atoms with Gasteiger partial charge in [0.15, 0.2) is 9.84 Å². The van der Waals surface area contributed by atoms with Crippen LogP contribution in [0.25, 0.3) is 10.9 Å². The molecule has 1 aliphatic heterocycles. The maximum absolute atomic E-state index is 13.5. The Morgan fingerprint density at radius 1 is 1.07 bits per heavy atom. The van der Waals surface area contributed by atoms with Crippen molar-refractivity contribution in [1.29, 1.82) is 0 Å². The molecule has 5 rings (SSSR count). The topological polar surface area (TPSA) is 99.6 Å². The van der Waals surface area contributed by atoms with Gasteiger partial charge in [-0.2, -0.15) is 0 Å². The van der Waals surface area contributed by atoms with E-state index in [1.807, 2.05) is 49.4 Å². The predicted molar refractivity (Wildman–Crippen MR) is 173 cm³/mol. The van der Waals surface area contributed by atoms with Crippen LogP contribution in [0.5, 0.6) is 5.75 Å². The van der Waals surface area contributed by atoms with Gasteiger partial charge in [0.1, 0.15) is 35.9 Å². The monoisotopic (exact) mass is 683 g/mol. The van der Waals surface area contributed by atoms with Crippen LogP contribution >= 0.6 is 15.9 Å². The van der Waals surface area contributed by atoms with E-state index >= 15 is 0 Å². The molecule has 0 bridgehead atoms. The third-order valence-electron chi connectivity index (χ3n) is 7.40. The highest BCUT2D eigenvalue weighted by atomic mass is 79.9. The largest absolute Gasteiger partial charge is 0.490 e. The summed E-state index contributed by atoms with van der Waals surface area (Å²) >= 11 is 3.58. The Balaban J connectivity index is 1.26. The van der Waals surface area contributed by atoms with Crippen molar-refractivity contribution in [2.75, 3.05) is 30.0 Å². The molecular formula is C33H35BrFN3O5S. The number of hydrogen-bond donors (Lipinski definition) is 1. The van der Waals surface area contributed by atoms with Crippen molar-refractivity contribution in [2.45, 2.75) is 44.8 Å². The lowest BCUT2D eigenvalue weighted by atomic mass is 9.86. The number of rotatable bonds is 15. The van der Waals surface area contributed by atoms with E-state index in [0.29, 0.717) is 43.9 Å². The van der Waals surface area contributed by atoms with Gasteiger partial charge in [0.25, 0.3) is 0 Å². The van der Waals surface area contributed by atoms with Crippen LogP contribution in [0.2, 0.25) is 0 Å². The number of sulfone groups is 1. The summed E-state index contributed by atoms with van der Waals surface area (Å²) in [5, 5.41) is 4.25. The van der Waals surface area contributed by atoms with Crippen LogP contribution < -0.4 is 10.1 Å². The van der Waals surface area contributed by atoms with Crippen LogP contribution in [0, 0.1) is 5.82 Å². The summed E-state index contributed by atoms with van der Waals surface area (Å²) in [7, 11) is -3.05. The highest BCUT2D eigenvalue weighted by molar-refractivity contribution is 9.10. The second-order valence-electron chi connectivity index (χ2n) is 10.7. The van der Waals surface area contributed by atoms with Gasteiger partial charge in [-0.05, 0) is 94.9 Å². The Morgan fingerprint density at radius 2 is 1.95 bits per heavy atom. The molecule has 0 aliphatic carbocycles. The molecule has 0 spiro atoms. The Bertz CT molecular complexity index is 1730. The minimum Gasteiger partial charge on any atom is -0.490 e. The molecule has 0 saturated carbocycles. The minimum atomic E-state index is -3.05. The molecule has 1 aromatic heterocycles. The first-order valence-electron chi connectivity index (χ1n) is 14.6. The van der Waals surface area contributed by atoms with Gasteiger partial charge in [-0.1, -0.05) is 25.1 Å². The molecule has 1 aliphatic rings. The summed E-state index contributed by atoms with van der Waals surface area (Å²) in [6.07, 6.45) is 8.01. The molecular weight excluding hydrogens is 649 g/mol. The van der Waals surface area contributed by atoms with Gasteiger partial charge in [0.2, 0.25) is 0 Å². The van der Waals surface area contributed by atoms with Crippen LogP contribution in [0.1, 0.15) is 43.7 Å². The first-order chi connectivity index (χ1) is 21.3. The molecule has 232 valence electrons. The fraction of sp³-hybridized carbons (Fsp3) is 0.333. The number of ether oxygens (including phenoxy) is 3. The predicted octanol–water partition coefficient (Wildman–Crippen LogP) is 7.60. The van der Waals surface area contributed by atoms with Crippen molar-refractivity contribution in [2.24, 2.45) is 0 Å². The summed E-state index contributed by atoms with van der Waals surface area (Å²) < 4.78 is 55.9. The first-order valence-corrected chi connectivity index (χ1v) is 17.2. The summed E-state index contributed by atoms with van der Waals surface area (Å²) in [5.74, 6) is 1.22. The lowest BCUT2D eigenvalue weighted by molar-refractivity contribution is 0.0210. The molecule has 0 amide bonds. The van der Waals surface area contributed by atoms with Gasteiger partial charge in [-0.15, -0.1) is 0 Å². The summed E-state index contributed by atoms with van der Waals surface area (Å²) in [4.78, 5) is 8.99. The molecule has 0 saturated heterocycles. The van der Waals surface area contributed by atoms with Crippen LogP contribution in [-0.2, 0) is 31.5 Å². The molecule has 0 radical (unpaired) electrons. The van der Waals surface area contributed by atoms with Gasteiger partial charge in [-0.25, -0.2) is 22.8 Å². The maximum atomic E-state index is 13.5. The van der Waals surface area contributed by atoms with E-state index in [1.165, 1.54) is 18.5 Å². The smallest absolute Gasteiger partial charge is 0.152 e. The number of benzene rings is 3. The van der Waals surface area contributed by atoms with Crippen LogP contribution in [0.15, 0.2) is 83.8 Å². The quantitative estimate of drug-likeness (QED) is 0.128. The van der Waals surface area contributed by atoms with E-state index in [9.17, 15) is 12.8 Å². The number of nitrogens with zero attached hydrogens (tertiary/aromatic N) is 2. The first kappa shape index (κ1) is 31.9. The summed E-state index contributed by atoms with van der Waals surface area (Å²) in [5.41, 5.74) is 2.78. The lowest BCUT2D eigenvalue weighted by Crippen LogP contribution is -2.25. The van der Waals surface area contributed by atoms with Gasteiger partial charge in [0, 0.05) is 29.9 Å². The number of nitrogens with one attached hydrogen (secondary N) is 1. The molecule has 0 fully saturated rings. The Hall–Kier alpha value is -3.54. The average molecular weight is 685 g/mol. The van der Waals surface area contributed by atoms with E-state index in [4.69, 9.17) is 14.2 Å². The van der Waals surface area contributed by atoms with E-state index < -0.39 is 15.4 Å². The number of fused-ring (bicyclic) bond motifs is 1. The molecule has 8 nitrogen and oxygen atoms in total. The molecule has 44 heavy (non-hydrogen) atoms. The standard InChI is InChI=1S/C33H35BrFN3O5S/c1-2-17-44(39,40)18-16-41-14-4-12-33(13-5-15-43-33)25-8-10-30-28(20-25)32(37-23-36-30)38-27-9-11-31(29(34)21-27)42-22-24-6-3-7-26(35)19-24/h3,5-11,15,19-21,23H,2,4,12-14,16-18,22H2,1H3,(H,36,37,38). The number of halogens is 2. The van der Waals surface area contributed by atoms with Crippen LogP contribution in [-0.4, -0.2) is 43.1 Å². The zero-order chi connectivity index (χ0) is 31.0. The molecule has 1 unspecified atom stereocenters. The van der Waals surface area contributed by atoms with Crippen molar-refractivity contribution in [3.05, 3.63) is 101 Å². The highest BCUT2D eigenvalue weighted by Crippen LogP contribution is 2.41. The third kappa shape index (κ3) is 8.13. The van der Waals surface area contributed by atoms with E-state index in [-0.39, 0.29) is 30.5 Å². The third-order valence-corrected chi connectivity index (χ3v) is 9.84. The van der Waals surface area contributed by atoms with Crippen LogP contribution in [0.3, 0.4) is 0 Å². The lowest BCUT2D eigenvalue weighted by Gasteiger charge is -2.30. The molecule has 1 atom stereocenters.